The summed E-state index contributed by atoms with van der Waals surface area (Å²) in [7, 11) is 0. The molecule has 0 aliphatic heterocycles. The summed E-state index contributed by atoms with van der Waals surface area (Å²) in [5, 5.41) is 4.92. The SMILES string of the molecule is Cc1ccc(NC(=O)COc2ccc(Cl)c3ccccc23)cc1F. The Morgan fingerprint density at radius 3 is 2.62 bits per heavy atom. The summed E-state index contributed by atoms with van der Waals surface area (Å²) in [5.74, 6) is -0.157. The molecule has 0 unspecified atom stereocenters. The van der Waals surface area contributed by atoms with Gasteiger partial charge < -0.3 is 10.1 Å². The second-order valence-electron chi connectivity index (χ2n) is 5.39. The summed E-state index contributed by atoms with van der Waals surface area (Å²) >= 11 is 6.16. The number of carbonyl (C=O) groups excluding carboxylic acids is 1. The van der Waals surface area contributed by atoms with Gasteiger partial charge in [0, 0.05) is 21.5 Å². The van der Waals surface area contributed by atoms with Gasteiger partial charge in [0.15, 0.2) is 6.61 Å². The highest BCUT2D eigenvalue weighted by molar-refractivity contribution is 6.35. The molecule has 122 valence electrons. The van der Waals surface area contributed by atoms with E-state index >= 15 is 0 Å². The van der Waals surface area contributed by atoms with Gasteiger partial charge in [-0.3, -0.25) is 4.79 Å². The van der Waals surface area contributed by atoms with Gasteiger partial charge >= 0.3 is 0 Å². The molecular formula is C19H15ClFNO2. The van der Waals surface area contributed by atoms with Crippen LogP contribution in [0, 0.1) is 12.7 Å². The fraction of sp³-hybridized carbons (Fsp3) is 0.105. The number of nitrogens with one attached hydrogen (secondary N) is 1. The molecule has 3 aromatic rings. The van der Waals surface area contributed by atoms with E-state index in [-0.39, 0.29) is 18.3 Å². The van der Waals surface area contributed by atoms with Crippen LogP contribution in [-0.4, -0.2) is 12.5 Å². The van der Waals surface area contributed by atoms with Crippen molar-refractivity contribution in [3.63, 3.8) is 0 Å². The number of rotatable bonds is 4. The maximum Gasteiger partial charge on any atom is 0.262 e. The largest absolute Gasteiger partial charge is 0.483 e. The van der Waals surface area contributed by atoms with E-state index in [1.807, 2.05) is 24.3 Å². The van der Waals surface area contributed by atoms with Gasteiger partial charge in [-0.05, 0) is 36.8 Å². The maximum absolute atomic E-state index is 13.5. The second-order valence-corrected chi connectivity index (χ2v) is 5.80. The van der Waals surface area contributed by atoms with Crippen LogP contribution < -0.4 is 10.1 Å². The number of amides is 1. The summed E-state index contributed by atoms with van der Waals surface area (Å²) in [6, 6.07) is 15.5. The number of anilines is 1. The van der Waals surface area contributed by atoms with E-state index in [1.54, 1.807) is 31.2 Å². The van der Waals surface area contributed by atoms with Crippen LogP contribution in [0.3, 0.4) is 0 Å². The van der Waals surface area contributed by atoms with Crippen molar-refractivity contribution in [2.45, 2.75) is 6.92 Å². The lowest BCUT2D eigenvalue weighted by molar-refractivity contribution is -0.118. The first-order chi connectivity index (χ1) is 11.5. The average Bonchev–Trinajstić information content (AvgIpc) is 2.58. The van der Waals surface area contributed by atoms with E-state index in [2.05, 4.69) is 5.32 Å². The van der Waals surface area contributed by atoms with Crippen LogP contribution in [0.5, 0.6) is 5.75 Å². The molecule has 1 amide bonds. The Bertz CT molecular complexity index is 911. The van der Waals surface area contributed by atoms with Crippen LogP contribution in [0.4, 0.5) is 10.1 Å². The molecule has 3 rings (SSSR count). The van der Waals surface area contributed by atoms with Crippen molar-refractivity contribution in [2.75, 3.05) is 11.9 Å². The molecule has 1 N–H and O–H groups in total. The van der Waals surface area contributed by atoms with Gasteiger partial charge in [0.2, 0.25) is 0 Å². The van der Waals surface area contributed by atoms with Crippen LogP contribution in [-0.2, 0) is 4.79 Å². The van der Waals surface area contributed by atoms with E-state index in [4.69, 9.17) is 16.3 Å². The minimum atomic E-state index is -0.364. The molecule has 0 atom stereocenters. The molecule has 5 heteroatoms. The number of hydrogen-bond donors (Lipinski definition) is 1. The van der Waals surface area contributed by atoms with Crippen molar-refractivity contribution in [1.29, 1.82) is 0 Å². The predicted molar refractivity (Wildman–Crippen MR) is 94.2 cm³/mol. The Morgan fingerprint density at radius 2 is 1.88 bits per heavy atom. The molecule has 3 aromatic carbocycles. The molecule has 3 nitrogen and oxygen atoms in total. The summed E-state index contributed by atoms with van der Waals surface area (Å²) < 4.78 is 19.1. The van der Waals surface area contributed by atoms with Gasteiger partial charge in [0.05, 0.1) is 0 Å². The van der Waals surface area contributed by atoms with E-state index in [9.17, 15) is 9.18 Å². The van der Waals surface area contributed by atoms with Crippen LogP contribution in [0.2, 0.25) is 5.02 Å². The number of hydrogen-bond acceptors (Lipinski definition) is 2. The van der Waals surface area contributed by atoms with Crippen molar-refractivity contribution >= 4 is 34.0 Å². The van der Waals surface area contributed by atoms with Crippen molar-refractivity contribution in [3.8, 4) is 5.75 Å². The van der Waals surface area contributed by atoms with Gasteiger partial charge in [0.25, 0.3) is 5.91 Å². The normalized spacial score (nSPS) is 10.6. The first kappa shape index (κ1) is 16.3. The van der Waals surface area contributed by atoms with E-state index < -0.39 is 0 Å². The third-order valence-corrected chi connectivity index (χ3v) is 3.97. The van der Waals surface area contributed by atoms with Gasteiger partial charge in [-0.25, -0.2) is 4.39 Å². The molecule has 0 bridgehead atoms. The minimum absolute atomic E-state index is 0.179. The Kier molecular flexibility index (Phi) is 4.67. The summed E-state index contributed by atoms with van der Waals surface area (Å²) in [4.78, 5) is 12.0. The van der Waals surface area contributed by atoms with Crippen LogP contribution in [0.1, 0.15) is 5.56 Å². The number of aryl methyl sites for hydroxylation is 1. The fourth-order valence-corrected chi connectivity index (χ4v) is 2.60. The number of ether oxygens (including phenoxy) is 1. The van der Waals surface area contributed by atoms with E-state index in [0.717, 1.165) is 10.8 Å². The fourth-order valence-electron chi connectivity index (χ4n) is 2.37. The number of benzene rings is 3. The molecule has 0 spiro atoms. The van der Waals surface area contributed by atoms with Gasteiger partial charge in [-0.1, -0.05) is 41.9 Å². The smallest absolute Gasteiger partial charge is 0.262 e. The molecule has 0 heterocycles. The molecular weight excluding hydrogens is 329 g/mol. The Hall–Kier alpha value is -2.59. The Morgan fingerprint density at radius 1 is 1.12 bits per heavy atom. The molecule has 0 aromatic heterocycles. The third kappa shape index (κ3) is 3.49. The monoisotopic (exact) mass is 343 g/mol. The first-order valence-corrected chi connectivity index (χ1v) is 7.78. The molecule has 0 aliphatic carbocycles. The Balaban J connectivity index is 1.70. The van der Waals surface area contributed by atoms with Crippen molar-refractivity contribution in [1.82, 2.24) is 0 Å². The zero-order chi connectivity index (χ0) is 17.1. The molecule has 0 saturated carbocycles. The van der Waals surface area contributed by atoms with Crippen LogP contribution in [0.25, 0.3) is 10.8 Å². The van der Waals surface area contributed by atoms with Crippen molar-refractivity contribution in [3.05, 3.63) is 71.0 Å². The van der Waals surface area contributed by atoms with Crippen molar-refractivity contribution < 1.29 is 13.9 Å². The lowest BCUT2D eigenvalue weighted by atomic mass is 10.1. The van der Waals surface area contributed by atoms with Crippen LogP contribution in [0.15, 0.2) is 54.6 Å². The second kappa shape index (κ2) is 6.89. The van der Waals surface area contributed by atoms with E-state index in [1.165, 1.54) is 6.07 Å². The first-order valence-electron chi connectivity index (χ1n) is 7.40. The maximum atomic E-state index is 13.5. The molecule has 0 radical (unpaired) electrons. The predicted octanol–water partition coefficient (Wildman–Crippen LogP) is 4.96. The molecule has 0 aliphatic rings. The summed E-state index contributed by atoms with van der Waals surface area (Å²) in [6.45, 7) is 1.48. The zero-order valence-corrected chi connectivity index (χ0v) is 13.7. The third-order valence-electron chi connectivity index (χ3n) is 3.65. The summed E-state index contributed by atoms with van der Waals surface area (Å²) in [6.07, 6.45) is 0. The lowest BCUT2D eigenvalue weighted by Crippen LogP contribution is -2.20. The highest BCUT2D eigenvalue weighted by Crippen LogP contribution is 2.31. The minimum Gasteiger partial charge on any atom is -0.483 e. The highest BCUT2D eigenvalue weighted by Gasteiger charge is 2.09. The van der Waals surface area contributed by atoms with Crippen molar-refractivity contribution in [2.24, 2.45) is 0 Å². The molecule has 0 saturated heterocycles. The quantitative estimate of drug-likeness (QED) is 0.727. The number of halogens is 2. The summed E-state index contributed by atoms with van der Waals surface area (Å²) in [5.41, 5.74) is 0.921. The molecule has 24 heavy (non-hydrogen) atoms. The van der Waals surface area contributed by atoms with Gasteiger partial charge in [-0.15, -0.1) is 0 Å². The average molecular weight is 344 g/mol. The standard InChI is InChI=1S/C19H15ClFNO2/c1-12-6-7-13(10-17(12)21)22-19(23)11-24-18-9-8-16(20)14-4-2-3-5-15(14)18/h2-10H,11H2,1H3,(H,22,23). The zero-order valence-electron chi connectivity index (χ0n) is 13.0. The number of fused-ring (bicyclic) bond motifs is 1. The number of carbonyl (C=O) groups is 1. The van der Waals surface area contributed by atoms with E-state index in [0.29, 0.717) is 22.0 Å². The van der Waals surface area contributed by atoms with Gasteiger partial charge in [0.1, 0.15) is 11.6 Å². The Labute approximate surface area is 144 Å². The van der Waals surface area contributed by atoms with Gasteiger partial charge in [-0.2, -0.15) is 0 Å². The molecule has 0 fully saturated rings. The topological polar surface area (TPSA) is 38.3 Å². The highest BCUT2D eigenvalue weighted by atomic mass is 35.5. The van der Waals surface area contributed by atoms with Crippen LogP contribution >= 0.6 is 11.6 Å². The lowest BCUT2D eigenvalue weighted by Gasteiger charge is -2.11.